The van der Waals surface area contributed by atoms with E-state index in [1.54, 1.807) is 6.26 Å². The van der Waals surface area contributed by atoms with Gasteiger partial charge in [0.25, 0.3) is 5.91 Å². The monoisotopic (exact) mass is 311 g/mol. The average Bonchev–Trinajstić information content (AvgIpc) is 2.99. The lowest BCUT2D eigenvalue weighted by atomic mass is 10.1. The summed E-state index contributed by atoms with van der Waals surface area (Å²) in [4.78, 5) is 17.4. The highest BCUT2D eigenvalue weighted by Crippen LogP contribution is 2.38. The number of carbonyl (C=O) groups is 1. The number of rotatable bonds is 4. The van der Waals surface area contributed by atoms with Crippen molar-refractivity contribution in [1.82, 2.24) is 14.4 Å². The highest BCUT2D eigenvalue weighted by atomic mass is 16.3. The minimum absolute atomic E-state index is 0.211. The zero-order valence-corrected chi connectivity index (χ0v) is 13.1. The summed E-state index contributed by atoms with van der Waals surface area (Å²) in [7, 11) is 0. The molecule has 2 atom stereocenters. The van der Waals surface area contributed by atoms with Crippen molar-refractivity contribution in [1.29, 1.82) is 0 Å². The van der Waals surface area contributed by atoms with Crippen molar-refractivity contribution in [2.24, 2.45) is 5.92 Å². The molecule has 2 fully saturated rings. The standard InChI is InChI=1S/C18H21N3O2/c22-18-15-4-1-7-20(15)16-11-19(10-14-3-2-8-23-14)12-17(16)21(18)9-13-5-6-13/h1-4,7-8,13,16-17H,5-6,9-12H2/t16-,17+/m0/s1. The fraction of sp³-hybridized carbons (Fsp3) is 0.500. The number of hydrogen-bond acceptors (Lipinski definition) is 3. The number of amides is 1. The van der Waals surface area contributed by atoms with Gasteiger partial charge in [0.1, 0.15) is 11.5 Å². The predicted octanol–water partition coefficient (Wildman–Crippen LogP) is 2.37. The number of nitrogens with zero attached hydrogens (tertiary/aromatic N) is 3. The Morgan fingerprint density at radius 3 is 2.78 bits per heavy atom. The van der Waals surface area contributed by atoms with Crippen LogP contribution >= 0.6 is 0 Å². The normalized spacial score (nSPS) is 27.3. The Bertz CT molecular complexity index is 716. The van der Waals surface area contributed by atoms with Crippen LogP contribution in [-0.2, 0) is 6.54 Å². The third-order valence-electron chi connectivity index (χ3n) is 5.46. The summed E-state index contributed by atoms with van der Waals surface area (Å²) in [6, 6.07) is 8.58. The largest absolute Gasteiger partial charge is 0.468 e. The first-order chi connectivity index (χ1) is 11.3. The Kier molecular flexibility index (Phi) is 2.92. The zero-order chi connectivity index (χ0) is 15.4. The molecule has 0 radical (unpaired) electrons. The van der Waals surface area contributed by atoms with E-state index in [-0.39, 0.29) is 11.9 Å². The van der Waals surface area contributed by atoms with Gasteiger partial charge in [-0.05, 0) is 43.0 Å². The number of carbonyl (C=O) groups excluding carboxylic acids is 1. The van der Waals surface area contributed by atoms with Crippen molar-refractivity contribution in [2.75, 3.05) is 19.6 Å². The van der Waals surface area contributed by atoms with Crippen LogP contribution in [0.4, 0.5) is 0 Å². The summed E-state index contributed by atoms with van der Waals surface area (Å²) >= 11 is 0. The van der Waals surface area contributed by atoms with Crippen LogP contribution in [0.1, 0.15) is 35.1 Å². The molecule has 1 saturated carbocycles. The van der Waals surface area contributed by atoms with Gasteiger partial charge >= 0.3 is 0 Å². The molecule has 0 bridgehead atoms. The van der Waals surface area contributed by atoms with Gasteiger partial charge in [-0.1, -0.05) is 0 Å². The van der Waals surface area contributed by atoms with Crippen LogP contribution < -0.4 is 0 Å². The van der Waals surface area contributed by atoms with E-state index in [1.807, 2.05) is 24.3 Å². The lowest BCUT2D eigenvalue weighted by molar-refractivity contribution is 0.0565. The van der Waals surface area contributed by atoms with E-state index in [1.165, 1.54) is 12.8 Å². The number of furan rings is 1. The summed E-state index contributed by atoms with van der Waals surface area (Å²) < 4.78 is 7.69. The van der Waals surface area contributed by atoms with Gasteiger partial charge in [-0.25, -0.2) is 0 Å². The van der Waals surface area contributed by atoms with Gasteiger partial charge in [-0.2, -0.15) is 0 Å². The molecule has 23 heavy (non-hydrogen) atoms. The van der Waals surface area contributed by atoms with Crippen molar-refractivity contribution in [3.05, 3.63) is 48.2 Å². The number of fused-ring (bicyclic) bond motifs is 3. The smallest absolute Gasteiger partial charge is 0.270 e. The lowest BCUT2D eigenvalue weighted by Gasteiger charge is -2.38. The minimum Gasteiger partial charge on any atom is -0.468 e. The van der Waals surface area contributed by atoms with Crippen LogP contribution in [0.25, 0.3) is 0 Å². The number of hydrogen-bond donors (Lipinski definition) is 0. The topological polar surface area (TPSA) is 41.6 Å². The second-order valence-electron chi connectivity index (χ2n) is 7.11. The van der Waals surface area contributed by atoms with E-state index < -0.39 is 0 Å². The second kappa shape index (κ2) is 4.99. The molecule has 5 nitrogen and oxygen atoms in total. The van der Waals surface area contributed by atoms with Crippen LogP contribution in [0, 0.1) is 5.92 Å². The third-order valence-corrected chi connectivity index (χ3v) is 5.46. The lowest BCUT2D eigenvalue weighted by Crippen LogP contribution is -2.51. The van der Waals surface area contributed by atoms with E-state index in [4.69, 9.17) is 4.42 Å². The van der Waals surface area contributed by atoms with E-state index in [0.717, 1.165) is 43.6 Å². The van der Waals surface area contributed by atoms with Crippen molar-refractivity contribution < 1.29 is 9.21 Å². The molecule has 2 aliphatic heterocycles. The Labute approximate surface area is 135 Å². The SMILES string of the molecule is O=C1c2cccn2[C@H]2CN(Cc3ccco3)C[C@H]2N1CC1CC1. The van der Waals surface area contributed by atoms with Crippen molar-refractivity contribution in [2.45, 2.75) is 31.5 Å². The molecule has 0 spiro atoms. The van der Waals surface area contributed by atoms with Gasteiger partial charge in [-0.3, -0.25) is 9.69 Å². The fourth-order valence-corrected chi connectivity index (χ4v) is 4.14. The Morgan fingerprint density at radius 2 is 2.00 bits per heavy atom. The van der Waals surface area contributed by atoms with Crippen molar-refractivity contribution in [3.8, 4) is 0 Å². The summed E-state index contributed by atoms with van der Waals surface area (Å²) in [6.07, 6.45) is 6.35. The molecule has 4 heterocycles. The Hall–Kier alpha value is -2.01. The van der Waals surface area contributed by atoms with Gasteiger partial charge in [0.05, 0.1) is 24.9 Å². The summed E-state index contributed by atoms with van der Waals surface area (Å²) in [5.74, 6) is 1.93. The van der Waals surface area contributed by atoms with Crippen LogP contribution in [0.3, 0.4) is 0 Å². The molecule has 1 aliphatic carbocycles. The molecule has 120 valence electrons. The third kappa shape index (κ3) is 2.22. The minimum atomic E-state index is 0.211. The zero-order valence-electron chi connectivity index (χ0n) is 13.1. The fourth-order valence-electron chi connectivity index (χ4n) is 4.14. The van der Waals surface area contributed by atoms with Gasteiger partial charge in [0, 0.05) is 25.8 Å². The molecule has 0 aromatic carbocycles. The first-order valence-electron chi connectivity index (χ1n) is 8.52. The van der Waals surface area contributed by atoms with Crippen LogP contribution in [0.15, 0.2) is 41.1 Å². The summed E-state index contributed by atoms with van der Waals surface area (Å²) in [5, 5.41) is 0. The summed E-state index contributed by atoms with van der Waals surface area (Å²) in [6.45, 7) is 3.66. The molecule has 0 unspecified atom stereocenters. The first-order valence-corrected chi connectivity index (χ1v) is 8.52. The molecule has 2 aromatic rings. The number of likely N-dealkylation sites (tertiary alicyclic amines) is 1. The van der Waals surface area contributed by atoms with Crippen LogP contribution in [0.5, 0.6) is 0 Å². The molecule has 2 aromatic heterocycles. The van der Waals surface area contributed by atoms with Crippen LogP contribution in [0.2, 0.25) is 0 Å². The molecular weight excluding hydrogens is 290 g/mol. The Balaban J connectivity index is 1.43. The van der Waals surface area contributed by atoms with E-state index in [9.17, 15) is 4.79 Å². The van der Waals surface area contributed by atoms with Crippen molar-refractivity contribution >= 4 is 5.91 Å². The van der Waals surface area contributed by atoms with Gasteiger partial charge < -0.3 is 13.9 Å². The first kappa shape index (κ1) is 13.4. The maximum Gasteiger partial charge on any atom is 0.270 e. The summed E-state index contributed by atoms with van der Waals surface area (Å²) in [5.41, 5.74) is 0.853. The quantitative estimate of drug-likeness (QED) is 0.870. The van der Waals surface area contributed by atoms with E-state index >= 15 is 0 Å². The van der Waals surface area contributed by atoms with E-state index in [0.29, 0.717) is 6.04 Å². The highest BCUT2D eigenvalue weighted by Gasteiger charge is 2.46. The number of aromatic nitrogens is 1. The van der Waals surface area contributed by atoms with Crippen LogP contribution in [-0.4, -0.2) is 46.0 Å². The molecule has 0 N–H and O–H groups in total. The molecule has 5 rings (SSSR count). The Morgan fingerprint density at radius 1 is 1.13 bits per heavy atom. The molecule has 1 saturated heterocycles. The molecule has 3 aliphatic rings. The maximum atomic E-state index is 12.9. The van der Waals surface area contributed by atoms with Crippen molar-refractivity contribution in [3.63, 3.8) is 0 Å². The van der Waals surface area contributed by atoms with Gasteiger partial charge in [0.2, 0.25) is 0 Å². The highest BCUT2D eigenvalue weighted by molar-refractivity contribution is 5.94. The second-order valence-corrected chi connectivity index (χ2v) is 7.11. The van der Waals surface area contributed by atoms with E-state index in [2.05, 4.69) is 20.6 Å². The molecule has 1 amide bonds. The predicted molar refractivity (Wildman–Crippen MR) is 85.0 cm³/mol. The van der Waals surface area contributed by atoms with Gasteiger partial charge in [0.15, 0.2) is 0 Å². The average molecular weight is 311 g/mol. The molecule has 5 heteroatoms. The maximum absolute atomic E-state index is 12.9. The molecular formula is C18H21N3O2. The van der Waals surface area contributed by atoms with Gasteiger partial charge in [-0.15, -0.1) is 0 Å².